The van der Waals surface area contributed by atoms with Crippen LogP contribution < -0.4 is 5.32 Å². The Bertz CT molecular complexity index is 721. The van der Waals surface area contributed by atoms with Gasteiger partial charge in [-0.3, -0.25) is 4.99 Å². The predicted octanol–water partition coefficient (Wildman–Crippen LogP) is 4.26. The van der Waals surface area contributed by atoms with Crippen molar-refractivity contribution < 1.29 is 9.53 Å². The molecule has 170 valence electrons. The first kappa shape index (κ1) is 25.2. The molecule has 1 aliphatic heterocycles. The average molecular weight is 550 g/mol. The van der Waals surface area contributed by atoms with Crippen molar-refractivity contribution in [1.29, 1.82) is 0 Å². The van der Waals surface area contributed by atoms with Crippen LogP contribution in [0.2, 0.25) is 0 Å². The van der Waals surface area contributed by atoms with Gasteiger partial charge in [0.1, 0.15) is 5.60 Å². The van der Waals surface area contributed by atoms with E-state index in [2.05, 4.69) is 20.2 Å². The van der Waals surface area contributed by atoms with Gasteiger partial charge in [0.05, 0.1) is 17.7 Å². The Morgan fingerprint density at radius 2 is 2.00 bits per heavy atom. The summed E-state index contributed by atoms with van der Waals surface area (Å²) in [6, 6.07) is 0.239. The maximum Gasteiger partial charge on any atom is 0.410 e. The number of thiazole rings is 1. The number of nitrogens with one attached hydrogen (secondary N) is 1. The Hall–Kier alpha value is -1.10. The van der Waals surface area contributed by atoms with Crippen LogP contribution >= 0.6 is 35.3 Å². The van der Waals surface area contributed by atoms with E-state index < -0.39 is 5.60 Å². The second-order valence-electron chi connectivity index (χ2n) is 9.06. The number of hydrogen-bond acceptors (Lipinski definition) is 5. The first-order chi connectivity index (χ1) is 13.8. The predicted molar refractivity (Wildman–Crippen MR) is 133 cm³/mol. The van der Waals surface area contributed by atoms with E-state index >= 15 is 0 Å². The van der Waals surface area contributed by atoms with Gasteiger partial charge in [-0.1, -0.05) is 0 Å². The first-order valence-electron chi connectivity index (χ1n) is 10.6. The molecular formula is C21H36IN5O2S. The highest BCUT2D eigenvalue weighted by Gasteiger charge is 2.35. The highest BCUT2D eigenvalue weighted by Crippen LogP contribution is 2.32. The maximum absolute atomic E-state index is 12.8. The minimum Gasteiger partial charge on any atom is -0.444 e. The lowest BCUT2D eigenvalue weighted by Gasteiger charge is -2.40. The van der Waals surface area contributed by atoms with Crippen LogP contribution in [0.15, 0.2) is 10.5 Å². The molecule has 0 spiro atoms. The van der Waals surface area contributed by atoms with Crippen molar-refractivity contribution in [3.05, 3.63) is 16.1 Å². The van der Waals surface area contributed by atoms with Crippen LogP contribution in [0.4, 0.5) is 4.79 Å². The Morgan fingerprint density at radius 1 is 1.33 bits per heavy atom. The smallest absolute Gasteiger partial charge is 0.410 e. The van der Waals surface area contributed by atoms with Gasteiger partial charge >= 0.3 is 6.09 Å². The molecule has 0 aromatic carbocycles. The number of aliphatic imine (C=N–C) groups is 1. The average Bonchev–Trinajstić information content (AvgIpc) is 3.40. The van der Waals surface area contributed by atoms with Gasteiger partial charge in [-0.15, -0.1) is 35.3 Å². The zero-order valence-corrected chi connectivity index (χ0v) is 22.0. The van der Waals surface area contributed by atoms with Crippen molar-refractivity contribution >= 4 is 47.4 Å². The highest BCUT2D eigenvalue weighted by molar-refractivity contribution is 14.0. The van der Waals surface area contributed by atoms with Crippen molar-refractivity contribution in [2.75, 3.05) is 26.7 Å². The van der Waals surface area contributed by atoms with Crippen molar-refractivity contribution in [2.45, 2.75) is 71.6 Å². The molecule has 7 nitrogen and oxygen atoms in total. The number of aromatic nitrogens is 1. The van der Waals surface area contributed by atoms with Crippen LogP contribution in [0.25, 0.3) is 0 Å². The van der Waals surface area contributed by atoms with Gasteiger partial charge in [-0.2, -0.15) is 0 Å². The molecule has 2 heterocycles. The van der Waals surface area contributed by atoms with E-state index in [-0.39, 0.29) is 36.1 Å². The molecule has 2 aliphatic rings. The van der Waals surface area contributed by atoms with Gasteiger partial charge in [0.15, 0.2) is 5.96 Å². The van der Waals surface area contributed by atoms with Crippen LogP contribution in [0.1, 0.15) is 57.0 Å². The lowest BCUT2D eigenvalue weighted by Crippen LogP contribution is -2.52. The van der Waals surface area contributed by atoms with Gasteiger partial charge in [0.2, 0.25) is 0 Å². The molecule has 9 heteroatoms. The Balaban J connectivity index is 0.00000320. The molecule has 1 aromatic heterocycles. The van der Waals surface area contributed by atoms with Gasteiger partial charge < -0.3 is 19.9 Å². The number of amides is 1. The lowest BCUT2D eigenvalue weighted by molar-refractivity contribution is 0.00928. The van der Waals surface area contributed by atoms with Crippen molar-refractivity contribution in [3.8, 4) is 0 Å². The summed E-state index contributed by atoms with van der Waals surface area (Å²) in [5.74, 6) is 1.57. The number of hydrogen-bond donors (Lipinski definition) is 1. The third kappa shape index (κ3) is 7.25. The molecule has 1 N–H and O–H groups in total. The normalized spacial score (nSPS) is 18.0. The zero-order valence-electron chi connectivity index (χ0n) is 18.8. The summed E-state index contributed by atoms with van der Waals surface area (Å²) in [6.07, 6.45) is 4.17. The molecule has 2 fully saturated rings. The minimum atomic E-state index is -0.458. The fourth-order valence-corrected chi connectivity index (χ4v) is 4.37. The first-order valence-corrected chi connectivity index (χ1v) is 11.5. The number of carbonyl (C=O) groups excluding carboxylic acids is 1. The molecule has 3 rings (SSSR count). The summed E-state index contributed by atoms with van der Waals surface area (Å²) >= 11 is 1.67. The van der Waals surface area contributed by atoms with E-state index in [9.17, 15) is 4.79 Å². The van der Waals surface area contributed by atoms with Gasteiger partial charge in [0, 0.05) is 37.6 Å². The summed E-state index contributed by atoms with van der Waals surface area (Å²) in [4.78, 5) is 27.1. The molecule has 1 aliphatic carbocycles. The van der Waals surface area contributed by atoms with Gasteiger partial charge in [-0.25, -0.2) is 9.78 Å². The summed E-state index contributed by atoms with van der Waals surface area (Å²) in [6.45, 7) is 11.2. The second-order valence-corrected chi connectivity index (χ2v) is 10.00. The molecule has 30 heavy (non-hydrogen) atoms. The SMILES string of the molecule is CN=C(NCc1scnc1C)N1CCC(N(CC2CC2)C(=O)OC(C)(C)C)CC1.I. The monoisotopic (exact) mass is 549 g/mol. The molecule has 1 amide bonds. The molecule has 0 atom stereocenters. The zero-order chi connectivity index (χ0) is 21.0. The van der Waals surface area contributed by atoms with E-state index in [1.54, 1.807) is 11.3 Å². The van der Waals surface area contributed by atoms with Crippen LogP contribution in [0, 0.1) is 12.8 Å². The van der Waals surface area contributed by atoms with Gasteiger partial charge in [-0.05, 0) is 59.3 Å². The maximum atomic E-state index is 12.8. The van der Waals surface area contributed by atoms with Gasteiger partial charge in [0.25, 0.3) is 0 Å². The Labute approximate surface area is 201 Å². The third-order valence-electron chi connectivity index (χ3n) is 5.45. The standard InChI is InChI=1S/C21H35N5O2S.HI/c1-15-18(29-14-24-15)12-23-19(22-5)25-10-8-17(9-11-25)26(13-16-6-7-16)20(27)28-21(2,3)4;/h14,16-17H,6-13H2,1-5H3,(H,22,23);1H. The van der Waals surface area contributed by atoms with E-state index in [4.69, 9.17) is 4.74 Å². The van der Waals surface area contributed by atoms with E-state index in [1.807, 2.05) is 45.2 Å². The summed E-state index contributed by atoms with van der Waals surface area (Å²) in [5, 5.41) is 3.46. The highest BCUT2D eigenvalue weighted by atomic mass is 127. The van der Waals surface area contributed by atoms with Crippen LogP contribution in [-0.4, -0.2) is 65.2 Å². The molecular weight excluding hydrogens is 513 g/mol. The number of nitrogens with zero attached hydrogens (tertiary/aromatic N) is 4. The number of halogens is 1. The van der Waals surface area contributed by atoms with Crippen molar-refractivity contribution in [3.63, 3.8) is 0 Å². The second kappa shape index (κ2) is 11.0. The molecule has 0 radical (unpaired) electrons. The van der Waals surface area contributed by atoms with E-state index in [0.29, 0.717) is 5.92 Å². The molecule has 1 saturated carbocycles. The number of aryl methyl sites for hydroxylation is 1. The number of guanidine groups is 1. The largest absolute Gasteiger partial charge is 0.444 e. The van der Waals surface area contributed by atoms with E-state index in [1.165, 1.54) is 17.7 Å². The van der Waals surface area contributed by atoms with Crippen LogP contribution in [0.3, 0.4) is 0 Å². The number of rotatable bonds is 5. The molecule has 0 unspecified atom stereocenters. The Kier molecular flexibility index (Phi) is 9.20. The number of likely N-dealkylation sites (tertiary alicyclic amines) is 1. The summed E-state index contributed by atoms with van der Waals surface area (Å²) < 4.78 is 5.70. The molecule has 1 saturated heterocycles. The number of carbonyl (C=O) groups is 1. The molecule has 0 bridgehead atoms. The number of piperidine rings is 1. The van der Waals surface area contributed by atoms with Crippen molar-refractivity contribution in [1.82, 2.24) is 20.1 Å². The summed E-state index contributed by atoms with van der Waals surface area (Å²) in [7, 11) is 1.83. The number of ether oxygens (including phenoxy) is 1. The molecule has 1 aromatic rings. The van der Waals surface area contributed by atoms with Crippen molar-refractivity contribution in [2.24, 2.45) is 10.9 Å². The fraction of sp³-hybridized carbons (Fsp3) is 0.762. The quantitative estimate of drug-likeness (QED) is 0.338. The minimum absolute atomic E-state index is 0. The fourth-order valence-electron chi connectivity index (χ4n) is 3.65. The van der Waals surface area contributed by atoms with Crippen LogP contribution in [0.5, 0.6) is 0 Å². The van der Waals surface area contributed by atoms with Crippen LogP contribution in [-0.2, 0) is 11.3 Å². The summed E-state index contributed by atoms with van der Waals surface area (Å²) in [5.41, 5.74) is 2.50. The lowest BCUT2D eigenvalue weighted by atomic mass is 10.0. The third-order valence-corrected chi connectivity index (χ3v) is 6.38. The van der Waals surface area contributed by atoms with E-state index in [0.717, 1.165) is 50.7 Å². The topological polar surface area (TPSA) is 70.1 Å². The Morgan fingerprint density at radius 3 is 2.50 bits per heavy atom.